The van der Waals surface area contributed by atoms with E-state index in [1.165, 1.54) is 10.7 Å². The Hall–Kier alpha value is -2.73. The van der Waals surface area contributed by atoms with Gasteiger partial charge in [-0.1, -0.05) is 30.4 Å². The smallest absolute Gasteiger partial charge is 0.266 e. The molecule has 0 atom stereocenters. The van der Waals surface area contributed by atoms with Gasteiger partial charge in [-0.15, -0.1) is 0 Å². The fourth-order valence-electron chi connectivity index (χ4n) is 2.49. The van der Waals surface area contributed by atoms with Gasteiger partial charge in [0.2, 0.25) is 0 Å². The van der Waals surface area contributed by atoms with Crippen molar-refractivity contribution in [1.82, 2.24) is 9.78 Å². The lowest BCUT2D eigenvalue weighted by molar-refractivity contribution is 0.415. The molecule has 0 saturated carbocycles. The lowest BCUT2D eigenvalue weighted by Crippen LogP contribution is -2.24. The van der Waals surface area contributed by atoms with E-state index in [1.807, 2.05) is 36.4 Å². The van der Waals surface area contributed by atoms with Gasteiger partial charge in [0.25, 0.3) is 5.56 Å². The molecule has 2 N–H and O–H groups in total. The third-order valence-corrected chi connectivity index (χ3v) is 3.98. The van der Waals surface area contributed by atoms with Crippen LogP contribution in [0.25, 0.3) is 22.0 Å². The number of ether oxygens (including phenoxy) is 1. The van der Waals surface area contributed by atoms with Crippen LogP contribution in [0.2, 0.25) is 0 Å². The van der Waals surface area contributed by atoms with Crippen LogP contribution in [-0.4, -0.2) is 21.9 Å². The summed E-state index contributed by atoms with van der Waals surface area (Å²) < 4.78 is 6.64. The first-order valence-corrected chi connectivity index (χ1v) is 7.92. The minimum Gasteiger partial charge on any atom is -0.497 e. The van der Waals surface area contributed by atoms with Crippen molar-refractivity contribution in [3.05, 3.63) is 58.9 Å². The molecule has 3 aromatic rings. The molecule has 0 aliphatic heterocycles. The number of aryl methyl sites for hydroxylation is 1. The molecule has 0 radical (unpaired) electrons. The second-order valence-electron chi connectivity index (χ2n) is 5.42. The van der Waals surface area contributed by atoms with Gasteiger partial charge in [0.15, 0.2) is 0 Å². The number of nitrogens with two attached hydrogens (primary N) is 1. The Morgan fingerprint density at radius 1 is 1.17 bits per heavy atom. The van der Waals surface area contributed by atoms with E-state index >= 15 is 0 Å². The van der Waals surface area contributed by atoms with Gasteiger partial charge in [-0.25, -0.2) is 4.68 Å². The zero-order chi connectivity index (χ0) is 17.1. The van der Waals surface area contributed by atoms with E-state index in [4.69, 9.17) is 22.7 Å². The monoisotopic (exact) mass is 339 g/mol. The Bertz CT molecular complexity index is 966. The topological polar surface area (TPSA) is 70.1 Å². The Kier molecular flexibility index (Phi) is 4.57. The van der Waals surface area contributed by atoms with Crippen LogP contribution in [0.5, 0.6) is 5.75 Å². The van der Waals surface area contributed by atoms with Crippen molar-refractivity contribution >= 4 is 28.0 Å². The number of hydrogen-bond donors (Lipinski definition) is 1. The molecule has 0 fully saturated rings. The standard InChI is InChI=1S/C18H17N3O2S/c1-23-15-5-4-12-10-14(3-2-13(12)11-15)16-6-7-18(22)21(20-16)9-8-17(19)24/h2-7,10-11H,8-9H2,1H3,(H2,19,24). The second-order valence-corrected chi connectivity index (χ2v) is 5.95. The Labute approximate surface area is 144 Å². The molecular weight excluding hydrogens is 322 g/mol. The molecule has 3 rings (SSSR count). The summed E-state index contributed by atoms with van der Waals surface area (Å²) in [5.74, 6) is 0.819. The average molecular weight is 339 g/mol. The number of nitrogens with zero attached hydrogens (tertiary/aromatic N) is 2. The average Bonchev–Trinajstić information content (AvgIpc) is 2.60. The number of hydrogen-bond acceptors (Lipinski definition) is 4. The Morgan fingerprint density at radius 3 is 2.67 bits per heavy atom. The number of benzene rings is 2. The molecule has 24 heavy (non-hydrogen) atoms. The molecule has 0 aliphatic rings. The van der Waals surface area contributed by atoms with Crippen LogP contribution >= 0.6 is 12.2 Å². The maximum absolute atomic E-state index is 11.9. The van der Waals surface area contributed by atoms with Crippen LogP contribution in [-0.2, 0) is 6.54 Å². The minimum absolute atomic E-state index is 0.166. The lowest BCUT2D eigenvalue weighted by atomic mass is 10.0. The molecule has 1 heterocycles. The highest BCUT2D eigenvalue weighted by atomic mass is 32.1. The van der Waals surface area contributed by atoms with Crippen molar-refractivity contribution in [2.75, 3.05) is 7.11 Å². The van der Waals surface area contributed by atoms with Crippen molar-refractivity contribution in [3.63, 3.8) is 0 Å². The van der Waals surface area contributed by atoms with E-state index in [1.54, 1.807) is 13.2 Å². The zero-order valence-electron chi connectivity index (χ0n) is 13.2. The molecule has 5 nitrogen and oxygen atoms in total. The number of rotatable bonds is 5. The molecule has 0 unspecified atom stereocenters. The quantitative estimate of drug-likeness (QED) is 0.724. The summed E-state index contributed by atoms with van der Waals surface area (Å²) in [7, 11) is 1.65. The van der Waals surface area contributed by atoms with E-state index in [0.717, 1.165) is 27.8 Å². The van der Waals surface area contributed by atoms with E-state index in [-0.39, 0.29) is 5.56 Å². The van der Waals surface area contributed by atoms with Crippen LogP contribution in [0.15, 0.2) is 53.3 Å². The lowest BCUT2D eigenvalue weighted by Gasteiger charge is -2.08. The van der Waals surface area contributed by atoms with Crippen LogP contribution < -0.4 is 16.0 Å². The van der Waals surface area contributed by atoms with Crippen molar-refractivity contribution < 1.29 is 4.74 Å². The van der Waals surface area contributed by atoms with Crippen LogP contribution in [0, 0.1) is 0 Å². The van der Waals surface area contributed by atoms with Gasteiger partial charge >= 0.3 is 0 Å². The summed E-state index contributed by atoms with van der Waals surface area (Å²) in [6.45, 7) is 0.382. The molecule has 122 valence electrons. The summed E-state index contributed by atoms with van der Waals surface area (Å²) >= 11 is 4.86. The van der Waals surface area contributed by atoms with E-state index < -0.39 is 0 Å². The molecule has 2 aromatic carbocycles. The van der Waals surface area contributed by atoms with Gasteiger partial charge in [-0.2, -0.15) is 5.10 Å². The fraction of sp³-hybridized carbons (Fsp3) is 0.167. The van der Waals surface area contributed by atoms with Crippen LogP contribution in [0.3, 0.4) is 0 Å². The van der Waals surface area contributed by atoms with Gasteiger partial charge in [-0.05, 0) is 35.0 Å². The van der Waals surface area contributed by atoms with Gasteiger partial charge in [0.1, 0.15) is 5.75 Å². The summed E-state index contributed by atoms with van der Waals surface area (Å²) in [6.07, 6.45) is 0.448. The molecule has 0 saturated heterocycles. The SMILES string of the molecule is COc1ccc2cc(-c3ccc(=O)n(CCC(N)=S)n3)ccc2c1. The highest BCUT2D eigenvalue weighted by molar-refractivity contribution is 7.80. The number of aromatic nitrogens is 2. The third-order valence-electron chi connectivity index (χ3n) is 3.78. The fourth-order valence-corrected chi connectivity index (χ4v) is 2.58. The van der Waals surface area contributed by atoms with Gasteiger partial charge in [0.05, 0.1) is 24.3 Å². The van der Waals surface area contributed by atoms with Crippen molar-refractivity contribution in [2.45, 2.75) is 13.0 Å². The third kappa shape index (κ3) is 3.44. The van der Waals surface area contributed by atoms with Crippen molar-refractivity contribution in [3.8, 4) is 17.0 Å². The first-order valence-electron chi connectivity index (χ1n) is 7.51. The predicted molar refractivity (Wildman–Crippen MR) is 99.4 cm³/mol. The van der Waals surface area contributed by atoms with Gasteiger partial charge in [-0.3, -0.25) is 4.79 Å². The summed E-state index contributed by atoms with van der Waals surface area (Å²) in [5, 5.41) is 6.58. The molecule has 6 heteroatoms. The number of fused-ring (bicyclic) bond motifs is 1. The van der Waals surface area contributed by atoms with Crippen LogP contribution in [0.4, 0.5) is 0 Å². The number of thiocarbonyl (C=S) groups is 1. The molecule has 0 amide bonds. The summed E-state index contributed by atoms with van der Waals surface area (Å²) in [6, 6.07) is 15.2. The molecule has 1 aromatic heterocycles. The summed E-state index contributed by atoms with van der Waals surface area (Å²) in [5.41, 5.74) is 7.01. The highest BCUT2D eigenvalue weighted by Gasteiger charge is 2.06. The van der Waals surface area contributed by atoms with E-state index in [2.05, 4.69) is 5.10 Å². The minimum atomic E-state index is -0.166. The Morgan fingerprint density at radius 2 is 1.92 bits per heavy atom. The molecule has 0 spiro atoms. The first-order chi connectivity index (χ1) is 11.6. The van der Waals surface area contributed by atoms with Gasteiger partial charge in [0, 0.05) is 18.1 Å². The summed E-state index contributed by atoms with van der Waals surface area (Å²) in [4.78, 5) is 12.3. The van der Waals surface area contributed by atoms with Crippen molar-refractivity contribution in [1.29, 1.82) is 0 Å². The van der Waals surface area contributed by atoms with Crippen molar-refractivity contribution in [2.24, 2.45) is 5.73 Å². The maximum Gasteiger partial charge on any atom is 0.266 e. The molecule has 0 aliphatic carbocycles. The zero-order valence-corrected chi connectivity index (χ0v) is 14.0. The highest BCUT2D eigenvalue weighted by Crippen LogP contribution is 2.25. The van der Waals surface area contributed by atoms with E-state index in [0.29, 0.717) is 18.0 Å². The normalized spacial score (nSPS) is 10.7. The Balaban J connectivity index is 1.99. The van der Waals surface area contributed by atoms with E-state index in [9.17, 15) is 4.79 Å². The maximum atomic E-state index is 11.9. The first kappa shape index (κ1) is 16.1. The van der Waals surface area contributed by atoms with Crippen LogP contribution in [0.1, 0.15) is 6.42 Å². The predicted octanol–water partition coefficient (Wildman–Crippen LogP) is 2.75. The molecule has 0 bridgehead atoms. The largest absolute Gasteiger partial charge is 0.497 e. The van der Waals surface area contributed by atoms with Gasteiger partial charge < -0.3 is 10.5 Å². The number of methoxy groups -OCH3 is 1. The second kappa shape index (κ2) is 6.80. The molecular formula is C18H17N3O2S.